The van der Waals surface area contributed by atoms with Crippen LogP contribution in [0, 0.1) is 0 Å². The van der Waals surface area contributed by atoms with Crippen molar-refractivity contribution in [3.63, 3.8) is 0 Å². The van der Waals surface area contributed by atoms with Crippen LogP contribution in [0.5, 0.6) is 0 Å². The van der Waals surface area contributed by atoms with E-state index in [1.165, 1.54) is 7.11 Å². The first-order valence-electron chi connectivity index (χ1n) is 9.57. The molecule has 5 nitrogen and oxygen atoms in total. The predicted molar refractivity (Wildman–Crippen MR) is 115 cm³/mol. The van der Waals surface area contributed by atoms with E-state index in [1.807, 2.05) is 36.4 Å². The van der Waals surface area contributed by atoms with Gasteiger partial charge in [0.2, 0.25) is 0 Å². The highest BCUT2D eigenvalue weighted by atomic mass is 28.4. The van der Waals surface area contributed by atoms with Gasteiger partial charge in [-0.05, 0) is 35.0 Å². The normalized spacial score (nSPS) is 13.2. The van der Waals surface area contributed by atoms with Gasteiger partial charge in [-0.1, -0.05) is 57.2 Å². The Hall–Kier alpha value is -2.18. The number of nitrogens with one attached hydrogen (secondary N) is 1. The molecule has 0 aromatic heterocycles. The van der Waals surface area contributed by atoms with Gasteiger partial charge in [-0.25, -0.2) is 4.79 Å². The fourth-order valence-electron chi connectivity index (χ4n) is 2.70. The van der Waals surface area contributed by atoms with Gasteiger partial charge >= 0.3 is 5.97 Å². The summed E-state index contributed by atoms with van der Waals surface area (Å²) in [6, 6.07) is 12.5. The van der Waals surface area contributed by atoms with Gasteiger partial charge < -0.3 is 14.5 Å². The Morgan fingerprint density at radius 3 is 2.36 bits per heavy atom. The molecule has 0 unspecified atom stereocenters. The summed E-state index contributed by atoms with van der Waals surface area (Å²) in [6.07, 6.45) is 0.371. The Morgan fingerprint density at radius 2 is 1.71 bits per heavy atom. The van der Waals surface area contributed by atoms with E-state index in [0.29, 0.717) is 18.6 Å². The third-order valence-corrected chi connectivity index (χ3v) is 10.0. The molecule has 2 aromatic rings. The van der Waals surface area contributed by atoms with Crippen LogP contribution in [0.25, 0.3) is 10.8 Å². The first-order chi connectivity index (χ1) is 13.1. The fourth-order valence-corrected chi connectivity index (χ4v) is 3.76. The Bertz CT molecular complexity index is 837. The third-order valence-electron chi connectivity index (χ3n) is 5.50. The van der Waals surface area contributed by atoms with Gasteiger partial charge in [0, 0.05) is 18.6 Å². The minimum Gasteiger partial charge on any atom is -0.467 e. The van der Waals surface area contributed by atoms with E-state index < -0.39 is 20.3 Å². The Labute approximate surface area is 168 Å². The largest absolute Gasteiger partial charge is 0.467 e. The number of ether oxygens (including phenoxy) is 1. The van der Waals surface area contributed by atoms with Gasteiger partial charge in [-0.15, -0.1) is 0 Å². The zero-order valence-corrected chi connectivity index (χ0v) is 18.7. The number of methoxy groups -OCH3 is 1. The van der Waals surface area contributed by atoms with Crippen LogP contribution in [0.1, 0.15) is 37.6 Å². The van der Waals surface area contributed by atoms with Crippen molar-refractivity contribution >= 4 is 31.0 Å². The van der Waals surface area contributed by atoms with Gasteiger partial charge in [0.1, 0.15) is 6.04 Å². The molecule has 0 aliphatic carbocycles. The van der Waals surface area contributed by atoms with Gasteiger partial charge in [-0.2, -0.15) is 0 Å². The number of carbonyl (C=O) groups is 2. The van der Waals surface area contributed by atoms with Crippen molar-refractivity contribution in [2.75, 3.05) is 13.7 Å². The zero-order valence-electron chi connectivity index (χ0n) is 17.7. The van der Waals surface area contributed by atoms with E-state index >= 15 is 0 Å². The molecular weight excluding hydrogens is 370 g/mol. The molecule has 2 rings (SSSR count). The molecule has 1 N–H and O–H groups in total. The zero-order chi connectivity index (χ0) is 20.9. The molecule has 0 fully saturated rings. The number of carbonyl (C=O) groups excluding carboxylic acids is 2. The molecule has 28 heavy (non-hydrogen) atoms. The average molecular weight is 402 g/mol. The summed E-state index contributed by atoms with van der Waals surface area (Å²) in [4.78, 5) is 25.1. The molecule has 1 atom stereocenters. The summed E-state index contributed by atoms with van der Waals surface area (Å²) in [6.45, 7) is 11.2. The second kappa shape index (κ2) is 8.88. The topological polar surface area (TPSA) is 64.6 Å². The quantitative estimate of drug-likeness (QED) is 0.547. The molecule has 1 amide bonds. The van der Waals surface area contributed by atoms with E-state index in [0.717, 1.165) is 10.8 Å². The molecule has 0 aliphatic rings. The van der Waals surface area contributed by atoms with Gasteiger partial charge in [0.05, 0.1) is 7.11 Å². The number of hydrogen-bond donors (Lipinski definition) is 1. The number of fused-ring (bicyclic) bond motifs is 1. The van der Waals surface area contributed by atoms with Crippen LogP contribution in [-0.2, 0) is 14.0 Å². The molecule has 0 bridgehead atoms. The number of esters is 1. The maximum atomic E-state index is 12.9. The third kappa shape index (κ3) is 5.20. The Morgan fingerprint density at radius 1 is 1.07 bits per heavy atom. The maximum absolute atomic E-state index is 12.9. The molecule has 0 aliphatic heterocycles. The van der Waals surface area contributed by atoms with E-state index in [9.17, 15) is 9.59 Å². The lowest BCUT2D eigenvalue weighted by atomic mass is 10.0. The standard InChI is InChI=1S/C22H31NO4Si/c1-22(2,3)28(5,6)27-15-14-19(21(25)26-4)23-20(24)18-13-9-11-16-10-7-8-12-17(16)18/h7-13,19H,14-15H2,1-6H3,(H,23,24)/t19-/m0/s1. The minimum atomic E-state index is -1.92. The van der Waals surface area contributed by atoms with Crippen molar-refractivity contribution < 1.29 is 18.8 Å². The SMILES string of the molecule is COC(=O)[C@H](CCO[Si](C)(C)C(C)(C)C)NC(=O)c1cccc2ccccc12. The number of hydrogen-bond acceptors (Lipinski definition) is 4. The van der Waals surface area contributed by atoms with E-state index in [-0.39, 0.29) is 10.9 Å². The van der Waals surface area contributed by atoms with Crippen LogP contribution in [0.2, 0.25) is 18.1 Å². The highest BCUT2D eigenvalue weighted by Gasteiger charge is 2.37. The molecule has 6 heteroatoms. The smallest absolute Gasteiger partial charge is 0.328 e. The maximum Gasteiger partial charge on any atom is 0.328 e. The molecule has 0 radical (unpaired) electrons. The first kappa shape index (κ1) is 22.1. The predicted octanol–water partition coefficient (Wildman–Crippen LogP) is 4.52. The highest BCUT2D eigenvalue weighted by molar-refractivity contribution is 6.74. The van der Waals surface area contributed by atoms with Gasteiger partial charge in [0.25, 0.3) is 5.91 Å². The Kier molecular flexibility index (Phi) is 7.01. The monoisotopic (exact) mass is 401 g/mol. The summed E-state index contributed by atoms with van der Waals surface area (Å²) < 4.78 is 11.0. The average Bonchev–Trinajstić information content (AvgIpc) is 2.65. The van der Waals surface area contributed by atoms with E-state index in [4.69, 9.17) is 9.16 Å². The Balaban J connectivity index is 2.11. The second-order valence-electron chi connectivity index (χ2n) is 8.47. The molecular formula is C22H31NO4Si. The van der Waals surface area contributed by atoms with Crippen LogP contribution in [0.3, 0.4) is 0 Å². The molecule has 0 saturated carbocycles. The highest BCUT2D eigenvalue weighted by Crippen LogP contribution is 2.36. The van der Waals surface area contributed by atoms with E-state index in [1.54, 1.807) is 6.07 Å². The fraction of sp³-hybridized carbons (Fsp3) is 0.455. The molecule has 2 aromatic carbocycles. The number of rotatable bonds is 7. The minimum absolute atomic E-state index is 0.0833. The lowest BCUT2D eigenvalue weighted by Gasteiger charge is -2.36. The summed E-state index contributed by atoms with van der Waals surface area (Å²) in [5.41, 5.74) is 0.539. The van der Waals surface area contributed by atoms with Crippen molar-refractivity contribution in [3.8, 4) is 0 Å². The van der Waals surface area contributed by atoms with Crippen LogP contribution >= 0.6 is 0 Å². The van der Waals surface area contributed by atoms with Crippen LogP contribution in [0.15, 0.2) is 42.5 Å². The first-order valence-corrected chi connectivity index (χ1v) is 12.5. The second-order valence-corrected chi connectivity index (χ2v) is 13.3. The van der Waals surface area contributed by atoms with Crippen molar-refractivity contribution in [3.05, 3.63) is 48.0 Å². The van der Waals surface area contributed by atoms with Crippen LogP contribution in [-0.4, -0.2) is 40.0 Å². The molecule has 0 heterocycles. The van der Waals surface area contributed by atoms with Crippen LogP contribution < -0.4 is 5.32 Å². The molecule has 152 valence electrons. The van der Waals surface area contributed by atoms with Crippen molar-refractivity contribution in [2.24, 2.45) is 0 Å². The lowest BCUT2D eigenvalue weighted by Crippen LogP contribution is -2.45. The summed E-state index contributed by atoms with van der Waals surface area (Å²) in [7, 11) is -0.594. The van der Waals surface area contributed by atoms with E-state index in [2.05, 4.69) is 39.2 Å². The van der Waals surface area contributed by atoms with Gasteiger partial charge in [-0.3, -0.25) is 4.79 Å². The number of benzene rings is 2. The summed E-state index contributed by atoms with van der Waals surface area (Å²) in [5, 5.41) is 4.73. The number of amides is 1. The van der Waals surface area contributed by atoms with Gasteiger partial charge in [0.15, 0.2) is 8.32 Å². The lowest BCUT2D eigenvalue weighted by molar-refractivity contribution is -0.143. The summed E-state index contributed by atoms with van der Waals surface area (Å²) >= 11 is 0. The van der Waals surface area contributed by atoms with Crippen molar-refractivity contribution in [1.29, 1.82) is 0 Å². The molecule has 0 spiro atoms. The van der Waals surface area contributed by atoms with Crippen molar-refractivity contribution in [2.45, 2.75) is 51.4 Å². The van der Waals surface area contributed by atoms with Crippen molar-refractivity contribution in [1.82, 2.24) is 5.32 Å². The summed E-state index contributed by atoms with van der Waals surface area (Å²) in [5.74, 6) is -0.757. The van der Waals surface area contributed by atoms with Crippen LogP contribution in [0.4, 0.5) is 0 Å². The molecule has 0 saturated heterocycles.